The third-order valence-corrected chi connectivity index (χ3v) is 8.12. The van der Waals surface area contributed by atoms with Crippen LogP contribution in [0.15, 0.2) is 0 Å². The van der Waals surface area contributed by atoms with Gasteiger partial charge in [0.2, 0.25) is 0 Å². The van der Waals surface area contributed by atoms with Crippen LogP contribution in [-0.2, 0) is 4.57 Å². The highest BCUT2D eigenvalue weighted by atomic mass is 31.2. The van der Waals surface area contributed by atoms with E-state index in [0.717, 1.165) is 26.1 Å². The summed E-state index contributed by atoms with van der Waals surface area (Å²) >= 11 is 0. The minimum atomic E-state index is -4.29. The van der Waals surface area contributed by atoms with E-state index in [9.17, 15) is 19.2 Å². The lowest BCUT2D eigenvalue weighted by molar-refractivity contribution is 0.327. The van der Waals surface area contributed by atoms with Gasteiger partial charge in [-0.1, -0.05) is 6.92 Å². The Hall–Kier alpha value is 0.460. The molecule has 0 radical (unpaired) electrons. The zero-order chi connectivity index (χ0) is 15.1. The lowest BCUT2D eigenvalue weighted by atomic mass is 10.3. The second kappa shape index (κ2) is 8.68. The van der Waals surface area contributed by atoms with Gasteiger partial charge in [0.25, 0.3) is 0 Å². The molecule has 0 aromatic carbocycles. The average Bonchev–Trinajstić information content (AvgIpc) is 2.26. The Morgan fingerprint density at radius 3 is 2.32 bits per heavy atom. The van der Waals surface area contributed by atoms with Crippen molar-refractivity contribution in [3.8, 4) is 0 Å². The molecule has 0 aliphatic carbocycles. The SMILES string of the molecule is CCCN(C)CCNCCC(C)(P(C)O)P(=O)(O)O. The van der Waals surface area contributed by atoms with Crippen LogP contribution >= 0.6 is 15.7 Å². The van der Waals surface area contributed by atoms with E-state index in [1.54, 1.807) is 0 Å². The number of nitrogens with zero attached hydrogens (tertiary/aromatic N) is 1. The summed E-state index contributed by atoms with van der Waals surface area (Å²) in [4.78, 5) is 29.3. The zero-order valence-electron chi connectivity index (χ0n) is 12.3. The number of hydrogen-bond donors (Lipinski definition) is 4. The second-order valence-electron chi connectivity index (χ2n) is 5.09. The maximum Gasteiger partial charge on any atom is 0.337 e. The second-order valence-corrected chi connectivity index (χ2v) is 9.55. The summed E-state index contributed by atoms with van der Waals surface area (Å²) in [6.07, 6.45) is 1.38. The van der Waals surface area contributed by atoms with Crippen molar-refractivity contribution in [1.82, 2.24) is 10.2 Å². The highest BCUT2D eigenvalue weighted by molar-refractivity contribution is 7.71. The van der Waals surface area contributed by atoms with Crippen molar-refractivity contribution in [3.05, 3.63) is 0 Å². The molecule has 0 spiro atoms. The molecule has 116 valence electrons. The third kappa shape index (κ3) is 6.63. The molecule has 0 aliphatic rings. The van der Waals surface area contributed by atoms with Crippen LogP contribution in [0.4, 0.5) is 0 Å². The minimum Gasteiger partial charge on any atom is -0.373 e. The van der Waals surface area contributed by atoms with Crippen LogP contribution in [0.1, 0.15) is 26.7 Å². The molecule has 0 aliphatic heterocycles. The summed E-state index contributed by atoms with van der Waals surface area (Å²) in [5.74, 6) is 0. The smallest absolute Gasteiger partial charge is 0.337 e. The zero-order valence-corrected chi connectivity index (χ0v) is 14.1. The topological polar surface area (TPSA) is 93.0 Å². The Morgan fingerprint density at radius 2 is 1.89 bits per heavy atom. The molecule has 2 unspecified atom stereocenters. The first-order valence-electron chi connectivity index (χ1n) is 6.52. The highest BCUT2D eigenvalue weighted by Crippen LogP contribution is 2.66. The predicted octanol–water partition coefficient (Wildman–Crippen LogP) is 1.22. The van der Waals surface area contributed by atoms with Gasteiger partial charge in [-0.15, -0.1) is 0 Å². The summed E-state index contributed by atoms with van der Waals surface area (Å²) in [6, 6.07) is 0. The van der Waals surface area contributed by atoms with Gasteiger partial charge in [0, 0.05) is 21.2 Å². The van der Waals surface area contributed by atoms with Crippen LogP contribution in [0.3, 0.4) is 0 Å². The normalized spacial score (nSPS) is 17.5. The van der Waals surface area contributed by atoms with E-state index in [-0.39, 0.29) is 6.42 Å². The molecule has 0 amide bonds. The van der Waals surface area contributed by atoms with Gasteiger partial charge in [0.1, 0.15) is 4.90 Å². The van der Waals surface area contributed by atoms with Crippen LogP contribution < -0.4 is 5.32 Å². The highest BCUT2D eigenvalue weighted by Gasteiger charge is 2.46. The van der Waals surface area contributed by atoms with E-state index in [4.69, 9.17) is 0 Å². The van der Waals surface area contributed by atoms with Crippen molar-refractivity contribution in [2.45, 2.75) is 31.6 Å². The van der Waals surface area contributed by atoms with E-state index in [1.165, 1.54) is 13.6 Å². The number of rotatable bonds is 10. The van der Waals surface area contributed by atoms with Crippen molar-refractivity contribution in [2.75, 3.05) is 39.9 Å². The maximum atomic E-state index is 11.5. The first-order valence-corrected chi connectivity index (χ1v) is 9.88. The van der Waals surface area contributed by atoms with Gasteiger partial charge in [-0.05, 0) is 46.6 Å². The monoisotopic (exact) mass is 314 g/mol. The van der Waals surface area contributed by atoms with Gasteiger partial charge in [0.05, 0.1) is 0 Å². The summed E-state index contributed by atoms with van der Waals surface area (Å²) < 4.78 is 11.5. The fourth-order valence-corrected chi connectivity index (χ4v) is 4.06. The van der Waals surface area contributed by atoms with Crippen molar-refractivity contribution in [3.63, 3.8) is 0 Å². The van der Waals surface area contributed by atoms with E-state index in [1.807, 2.05) is 7.05 Å². The quantitative estimate of drug-likeness (QED) is 0.358. The van der Waals surface area contributed by atoms with Gasteiger partial charge < -0.3 is 24.9 Å². The van der Waals surface area contributed by atoms with E-state index < -0.39 is 20.6 Å². The first-order chi connectivity index (χ1) is 8.65. The molecule has 0 rings (SSSR count). The molecule has 0 aromatic heterocycles. The van der Waals surface area contributed by atoms with Crippen molar-refractivity contribution >= 4 is 15.7 Å². The molecule has 0 bridgehead atoms. The van der Waals surface area contributed by atoms with Crippen molar-refractivity contribution < 1.29 is 19.2 Å². The molecule has 19 heavy (non-hydrogen) atoms. The van der Waals surface area contributed by atoms with Crippen LogP contribution in [-0.4, -0.2) is 64.4 Å². The van der Waals surface area contributed by atoms with Gasteiger partial charge in [-0.2, -0.15) is 0 Å². The van der Waals surface area contributed by atoms with Gasteiger partial charge in [-0.25, -0.2) is 0 Å². The van der Waals surface area contributed by atoms with Crippen molar-refractivity contribution in [1.29, 1.82) is 0 Å². The van der Waals surface area contributed by atoms with Crippen LogP contribution in [0.5, 0.6) is 0 Å². The largest absolute Gasteiger partial charge is 0.373 e. The molecule has 0 aromatic rings. The van der Waals surface area contributed by atoms with Crippen LogP contribution in [0, 0.1) is 0 Å². The van der Waals surface area contributed by atoms with Gasteiger partial charge in [0.15, 0.2) is 0 Å². The van der Waals surface area contributed by atoms with Crippen LogP contribution in [0.2, 0.25) is 0 Å². The van der Waals surface area contributed by atoms with E-state index in [0.29, 0.717) is 6.54 Å². The standard InChI is InChI=1S/C11H28N2O4P2/c1-5-9-13(3)10-8-12-7-6-11(2,18(4)14)19(15,16)17/h12,14H,5-10H2,1-4H3,(H2,15,16,17). The Morgan fingerprint density at radius 1 is 1.32 bits per heavy atom. The molecule has 8 heteroatoms. The summed E-state index contributed by atoms with van der Waals surface area (Å²) in [6.45, 7) is 8.29. The molecular weight excluding hydrogens is 286 g/mol. The van der Waals surface area contributed by atoms with E-state index >= 15 is 0 Å². The first kappa shape index (κ1) is 19.5. The number of hydrogen-bond acceptors (Lipinski definition) is 4. The Balaban J connectivity index is 4.07. The minimum absolute atomic E-state index is 0.271. The lowest BCUT2D eigenvalue weighted by Crippen LogP contribution is -2.33. The molecular formula is C11H28N2O4P2. The summed E-state index contributed by atoms with van der Waals surface area (Å²) in [5.41, 5.74) is 0. The number of nitrogens with one attached hydrogen (secondary N) is 1. The molecule has 4 N–H and O–H groups in total. The maximum absolute atomic E-state index is 11.5. The fraction of sp³-hybridized carbons (Fsp3) is 1.00. The summed E-state index contributed by atoms with van der Waals surface area (Å²) in [7, 11) is -3.93. The molecule has 0 fully saturated rings. The Bertz CT molecular complexity index is 298. The van der Waals surface area contributed by atoms with Gasteiger partial charge in [-0.3, -0.25) is 4.57 Å². The lowest BCUT2D eigenvalue weighted by Gasteiger charge is -2.32. The molecule has 6 nitrogen and oxygen atoms in total. The number of likely N-dealkylation sites (N-methyl/N-ethyl adjacent to an activating group) is 1. The van der Waals surface area contributed by atoms with Crippen LogP contribution in [0.25, 0.3) is 0 Å². The fourth-order valence-electron chi connectivity index (χ4n) is 1.71. The molecule has 0 heterocycles. The molecule has 0 saturated heterocycles. The van der Waals surface area contributed by atoms with E-state index in [2.05, 4.69) is 17.1 Å². The Labute approximate surface area is 117 Å². The Kier molecular flexibility index (Phi) is 8.89. The average molecular weight is 314 g/mol. The predicted molar refractivity (Wildman–Crippen MR) is 80.8 cm³/mol. The third-order valence-electron chi connectivity index (χ3n) is 3.38. The van der Waals surface area contributed by atoms with Gasteiger partial charge >= 0.3 is 7.60 Å². The summed E-state index contributed by atoms with van der Waals surface area (Å²) in [5, 5.41) is 3.17. The van der Waals surface area contributed by atoms with Crippen molar-refractivity contribution in [2.24, 2.45) is 0 Å². The molecule has 0 saturated carbocycles. The molecule has 2 atom stereocenters.